The van der Waals surface area contributed by atoms with E-state index in [1.807, 2.05) is 0 Å². The number of alkyl halides is 2. The maximum Gasteiger partial charge on any atom is 0.387 e. The number of para-hydroxylation sites is 1. The normalized spacial score (nSPS) is 17.3. The molecule has 15 heteroatoms. The maximum absolute atomic E-state index is 14.1. The molecular weight excluding hydrogens is 625 g/mol. The second kappa shape index (κ2) is 10.3. The van der Waals surface area contributed by atoms with Gasteiger partial charge in [0.2, 0.25) is 5.78 Å². The number of fused-ring (bicyclic) bond motifs is 4. The number of ether oxygens (including phenoxy) is 2. The zero-order valence-electron chi connectivity index (χ0n) is 23.9. The van der Waals surface area contributed by atoms with Crippen LogP contribution in [0, 0.1) is 5.82 Å². The van der Waals surface area contributed by atoms with E-state index in [-0.39, 0.29) is 35.0 Å². The lowest BCUT2D eigenvalue weighted by Crippen LogP contribution is -2.40. The van der Waals surface area contributed by atoms with Crippen molar-refractivity contribution in [3.8, 4) is 17.2 Å². The molecule has 2 aliphatic rings. The summed E-state index contributed by atoms with van der Waals surface area (Å²) in [5, 5.41) is 3.39. The van der Waals surface area contributed by atoms with Crippen LogP contribution in [0.25, 0.3) is 27.6 Å². The highest BCUT2D eigenvalue weighted by Gasteiger charge is 2.49. The minimum absolute atomic E-state index is 0.0538. The number of halogens is 3. The quantitative estimate of drug-likeness (QED) is 0.181. The topological polar surface area (TPSA) is 134 Å². The zero-order chi connectivity index (χ0) is 31.8. The van der Waals surface area contributed by atoms with E-state index >= 15 is 0 Å². The van der Waals surface area contributed by atoms with E-state index in [2.05, 4.69) is 19.8 Å². The van der Waals surface area contributed by atoms with Gasteiger partial charge in [-0.1, -0.05) is 25.0 Å². The second-order valence-corrected chi connectivity index (χ2v) is 13.1. The number of benzene rings is 3. The molecule has 1 aliphatic carbocycles. The smallest absolute Gasteiger partial charge is 0.387 e. The van der Waals surface area contributed by atoms with Gasteiger partial charge in [0.05, 0.1) is 40.1 Å². The fraction of sp³-hybridized carbons (Fsp3) is 0.226. The number of nitrogens with one attached hydrogen (secondary N) is 3. The molecule has 8 rings (SSSR count). The average molecular weight is 651 g/mol. The Labute approximate surface area is 259 Å². The summed E-state index contributed by atoms with van der Waals surface area (Å²) in [5.74, 6) is -0.865. The molecule has 46 heavy (non-hydrogen) atoms. The van der Waals surface area contributed by atoms with E-state index in [9.17, 15) is 26.4 Å². The van der Waals surface area contributed by atoms with Crippen molar-refractivity contribution in [2.45, 2.75) is 37.8 Å². The van der Waals surface area contributed by atoms with Crippen LogP contribution in [0.3, 0.4) is 0 Å². The number of rotatable bonds is 7. The molecule has 1 saturated carbocycles. The third-order valence-electron chi connectivity index (χ3n) is 8.59. The van der Waals surface area contributed by atoms with Gasteiger partial charge in [-0.3, -0.25) is 14.2 Å². The van der Waals surface area contributed by atoms with Crippen LogP contribution in [0.15, 0.2) is 66.9 Å². The number of hydrogen-bond donors (Lipinski definition) is 3. The molecule has 11 nitrogen and oxygen atoms in total. The Kier molecular flexibility index (Phi) is 6.34. The molecule has 236 valence electrons. The Morgan fingerprint density at radius 2 is 1.83 bits per heavy atom. The summed E-state index contributed by atoms with van der Waals surface area (Å²) < 4.78 is 83.2. The summed E-state index contributed by atoms with van der Waals surface area (Å²) in [4.78, 5) is 21.4. The van der Waals surface area contributed by atoms with Gasteiger partial charge in [0.1, 0.15) is 5.75 Å². The van der Waals surface area contributed by atoms with E-state index in [1.165, 1.54) is 36.5 Å². The number of aromatic nitrogens is 4. The fourth-order valence-electron chi connectivity index (χ4n) is 6.50. The Morgan fingerprint density at radius 3 is 2.61 bits per heavy atom. The Bertz CT molecular complexity index is 2290. The summed E-state index contributed by atoms with van der Waals surface area (Å²) >= 11 is 0. The largest absolute Gasteiger partial charge is 0.454 e. The molecule has 0 bridgehead atoms. The van der Waals surface area contributed by atoms with Crippen molar-refractivity contribution in [2.75, 3.05) is 10.8 Å². The summed E-state index contributed by atoms with van der Waals surface area (Å²) in [5.41, 5.74) is 1.44. The van der Waals surface area contributed by atoms with Crippen molar-refractivity contribution in [1.29, 1.82) is 0 Å². The SMILES string of the molecule is O=C(c1cc2cc(OC(F)F)c(N3CC4(CCCC4)NS3(=O)=O)cc2[nH]1)c1c[nH]n2c1nc1cc(Oc3ccccc3F)ccc12. The predicted octanol–water partition coefficient (Wildman–Crippen LogP) is 6.03. The maximum atomic E-state index is 14.1. The average Bonchev–Trinajstić information content (AvgIpc) is 3.82. The molecule has 4 heterocycles. The van der Waals surface area contributed by atoms with Crippen molar-refractivity contribution in [3.63, 3.8) is 0 Å². The highest BCUT2D eigenvalue weighted by atomic mass is 32.2. The van der Waals surface area contributed by atoms with E-state index in [0.29, 0.717) is 46.2 Å². The highest BCUT2D eigenvalue weighted by Crippen LogP contribution is 2.43. The Morgan fingerprint density at radius 1 is 1.02 bits per heavy atom. The molecule has 2 fully saturated rings. The number of aromatic amines is 2. The van der Waals surface area contributed by atoms with Crippen LogP contribution < -0.4 is 18.5 Å². The number of ketones is 1. The first-order valence-corrected chi connectivity index (χ1v) is 15.9. The first kappa shape index (κ1) is 28.5. The zero-order valence-corrected chi connectivity index (χ0v) is 24.7. The van der Waals surface area contributed by atoms with Crippen molar-refractivity contribution in [3.05, 3.63) is 83.9 Å². The van der Waals surface area contributed by atoms with E-state index in [1.54, 1.807) is 34.8 Å². The molecule has 6 aromatic rings. The summed E-state index contributed by atoms with van der Waals surface area (Å²) in [6.45, 7) is -3.12. The summed E-state index contributed by atoms with van der Waals surface area (Å²) in [7, 11) is -4.03. The van der Waals surface area contributed by atoms with E-state index in [4.69, 9.17) is 9.47 Å². The van der Waals surface area contributed by atoms with Crippen LogP contribution >= 0.6 is 0 Å². The van der Waals surface area contributed by atoms with Crippen LogP contribution in [0.2, 0.25) is 0 Å². The van der Waals surface area contributed by atoms with Gasteiger partial charge >= 0.3 is 16.8 Å². The van der Waals surface area contributed by atoms with Gasteiger partial charge in [0.25, 0.3) is 0 Å². The molecule has 1 aliphatic heterocycles. The van der Waals surface area contributed by atoms with Gasteiger partial charge in [0, 0.05) is 23.2 Å². The first-order valence-electron chi connectivity index (χ1n) is 14.5. The number of hydrogen-bond acceptors (Lipinski definition) is 6. The van der Waals surface area contributed by atoms with Crippen molar-refractivity contribution in [2.24, 2.45) is 0 Å². The lowest BCUT2D eigenvalue weighted by molar-refractivity contribution is -0.0493. The molecule has 0 radical (unpaired) electrons. The third-order valence-corrected chi connectivity index (χ3v) is 10.2. The van der Waals surface area contributed by atoms with Gasteiger partial charge in [-0.15, -0.1) is 0 Å². The van der Waals surface area contributed by atoms with Crippen molar-refractivity contribution < 1.29 is 35.9 Å². The lowest BCUT2D eigenvalue weighted by atomic mass is 9.99. The van der Waals surface area contributed by atoms with Gasteiger partial charge in [-0.05, 0) is 55.3 Å². The first-order chi connectivity index (χ1) is 22.1. The minimum atomic E-state index is -4.03. The molecule has 0 unspecified atom stereocenters. The fourth-order valence-corrected chi connectivity index (χ4v) is 8.24. The molecular formula is C31H25F3N6O5S. The van der Waals surface area contributed by atoms with Crippen molar-refractivity contribution in [1.82, 2.24) is 24.3 Å². The summed E-state index contributed by atoms with van der Waals surface area (Å²) in [6.07, 6.45) is 4.51. The third kappa shape index (κ3) is 4.65. The molecule has 3 aromatic heterocycles. The van der Waals surface area contributed by atoms with Gasteiger partial charge in [-0.2, -0.15) is 21.9 Å². The second-order valence-electron chi connectivity index (χ2n) is 11.5. The lowest BCUT2D eigenvalue weighted by Gasteiger charge is -2.22. The van der Waals surface area contributed by atoms with E-state index < -0.39 is 34.0 Å². The monoisotopic (exact) mass is 650 g/mol. The standard InChI is InChI=1S/C31H25F3N6O5S/c32-20-5-1-2-6-26(20)44-18-7-8-24-22(13-18)37-29-19(15-35-40(24)29)28(41)23-11-17-12-27(45-30(33)34)25(14-21(17)36-23)39-16-31(9-3-4-10-31)38-46(39,42)43/h1-2,5-8,11-15,30,35-36,38H,3-4,9-10,16H2. The molecule has 1 spiro atoms. The Hall–Kier alpha value is -5.02. The predicted molar refractivity (Wildman–Crippen MR) is 162 cm³/mol. The molecule has 1 saturated heterocycles. The number of nitrogens with zero attached hydrogens (tertiary/aromatic N) is 3. The van der Waals surface area contributed by atoms with Gasteiger partial charge in [0.15, 0.2) is 23.0 Å². The van der Waals surface area contributed by atoms with Crippen LogP contribution in [-0.4, -0.2) is 52.5 Å². The Balaban J connectivity index is 1.15. The molecule has 0 amide bonds. The van der Waals surface area contributed by atoms with Crippen LogP contribution in [-0.2, 0) is 10.2 Å². The number of H-pyrrole nitrogens is 2. The van der Waals surface area contributed by atoms with Crippen LogP contribution in [0.5, 0.6) is 17.2 Å². The minimum Gasteiger partial charge on any atom is -0.454 e. The van der Waals surface area contributed by atoms with Gasteiger partial charge < -0.3 is 14.5 Å². The summed E-state index contributed by atoms with van der Waals surface area (Å²) in [6, 6.07) is 15.2. The van der Waals surface area contributed by atoms with Crippen LogP contribution in [0.1, 0.15) is 41.7 Å². The van der Waals surface area contributed by atoms with Crippen LogP contribution in [0.4, 0.5) is 18.9 Å². The highest BCUT2D eigenvalue weighted by molar-refractivity contribution is 7.91. The molecule has 3 aromatic carbocycles. The number of carbonyl (C=O) groups is 1. The van der Waals surface area contributed by atoms with Gasteiger partial charge in [-0.25, -0.2) is 13.9 Å². The molecule has 0 atom stereocenters. The van der Waals surface area contributed by atoms with Crippen molar-refractivity contribution >= 4 is 49.3 Å². The van der Waals surface area contributed by atoms with E-state index in [0.717, 1.165) is 17.1 Å². The molecule has 3 N–H and O–H groups in total. The number of carbonyl (C=O) groups excluding carboxylic acids is 1. The number of imidazole rings is 1. The number of anilines is 1.